The Balaban J connectivity index is 1.80. The van der Waals surface area contributed by atoms with Crippen LogP contribution in [0.5, 0.6) is 5.75 Å². The smallest absolute Gasteiger partial charge is 0.269 e. The number of fused-ring (bicyclic) bond motifs is 2. The van der Waals surface area contributed by atoms with E-state index in [1.807, 2.05) is 6.07 Å². The van der Waals surface area contributed by atoms with Crippen LogP contribution in [0.1, 0.15) is 30.9 Å². The molecule has 3 atom stereocenters. The third-order valence-corrected chi connectivity index (χ3v) is 5.67. The molecule has 2 aromatic carbocycles. The van der Waals surface area contributed by atoms with Crippen molar-refractivity contribution >= 4 is 11.4 Å². The van der Waals surface area contributed by atoms with Gasteiger partial charge >= 0.3 is 0 Å². The number of ether oxygens (including phenoxy) is 1. The summed E-state index contributed by atoms with van der Waals surface area (Å²) in [6, 6.07) is 13.3. The number of anilines is 1. The zero-order valence-electron chi connectivity index (χ0n) is 14.0. The molecule has 0 N–H and O–H groups in total. The lowest BCUT2D eigenvalue weighted by molar-refractivity contribution is -0.385. The van der Waals surface area contributed by atoms with Crippen LogP contribution < -0.4 is 9.64 Å². The van der Waals surface area contributed by atoms with E-state index < -0.39 is 5.72 Å². The minimum atomic E-state index is -0.452. The first-order chi connectivity index (χ1) is 11.4. The lowest BCUT2D eigenvalue weighted by Gasteiger charge is -2.48. The number of nitro benzene ring substituents is 1. The molecular weight excluding hydrogens is 304 g/mol. The molecule has 0 radical (unpaired) electrons. The van der Waals surface area contributed by atoms with Gasteiger partial charge in [-0.05, 0) is 24.1 Å². The molecule has 2 aliphatic rings. The van der Waals surface area contributed by atoms with Gasteiger partial charge in [-0.1, -0.05) is 32.0 Å². The zero-order valence-corrected chi connectivity index (χ0v) is 14.0. The van der Waals surface area contributed by atoms with Crippen LogP contribution in [0.3, 0.4) is 0 Å². The van der Waals surface area contributed by atoms with E-state index >= 15 is 0 Å². The number of benzene rings is 2. The Bertz CT molecular complexity index is 804. The lowest BCUT2D eigenvalue weighted by atomic mass is 9.79. The molecule has 2 heterocycles. The van der Waals surface area contributed by atoms with E-state index in [1.165, 1.54) is 17.3 Å². The molecule has 24 heavy (non-hydrogen) atoms. The van der Waals surface area contributed by atoms with Crippen molar-refractivity contribution in [3.63, 3.8) is 0 Å². The number of nitrogens with zero attached hydrogens (tertiary/aromatic N) is 2. The Morgan fingerprint density at radius 1 is 1.25 bits per heavy atom. The normalized spacial score (nSPS) is 27.5. The number of hydrogen-bond donors (Lipinski definition) is 0. The SMILES string of the molecule is CC1Cc2cc([N+](=O)[O-])ccc2OC12C(C)c1ccccc1N2C. The minimum Gasteiger partial charge on any atom is -0.467 e. The summed E-state index contributed by atoms with van der Waals surface area (Å²) >= 11 is 0. The maximum atomic E-state index is 11.0. The summed E-state index contributed by atoms with van der Waals surface area (Å²) in [5, 5.41) is 11.0. The number of para-hydroxylation sites is 1. The van der Waals surface area contributed by atoms with Crippen LogP contribution in [0.15, 0.2) is 42.5 Å². The summed E-state index contributed by atoms with van der Waals surface area (Å²) in [5.74, 6) is 1.18. The molecule has 3 unspecified atom stereocenters. The lowest BCUT2D eigenvalue weighted by Crippen LogP contribution is -2.58. The molecule has 0 aromatic heterocycles. The maximum absolute atomic E-state index is 11.0. The van der Waals surface area contributed by atoms with Gasteiger partial charge in [0.1, 0.15) is 5.75 Å². The molecule has 5 nitrogen and oxygen atoms in total. The van der Waals surface area contributed by atoms with E-state index in [2.05, 4.69) is 44.0 Å². The quantitative estimate of drug-likeness (QED) is 0.585. The van der Waals surface area contributed by atoms with Gasteiger partial charge in [0.15, 0.2) is 5.72 Å². The van der Waals surface area contributed by atoms with Gasteiger partial charge in [0, 0.05) is 42.3 Å². The summed E-state index contributed by atoms with van der Waals surface area (Å²) in [4.78, 5) is 12.9. The van der Waals surface area contributed by atoms with Crippen LogP contribution in [0.25, 0.3) is 0 Å². The Hall–Kier alpha value is -2.56. The fraction of sp³-hybridized carbons (Fsp3) is 0.368. The van der Waals surface area contributed by atoms with Crippen LogP contribution in [0.4, 0.5) is 11.4 Å². The largest absolute Gasteiger partial charge is 0.467 e. The number of non-ortho nitro benzene ring substituents is 1. The Morgan fingerprint density at radius 2 is 2.00 bits per heavy atom. The highest BCUT2D eigenvalue weighted by molar-refractivity contribution is 5.64. The Morgan fingerprint density at radius 3 is 2.71 bits per heavy atom. The highest BCUT2D eigenvalue weighted by atomic mass is 16.6. The average Bonchev–Trinajstić information content (AvgIpc) is 2.79. The minimum absolute atomic E-state index is 0.122. The van der Waals surface area contributed by atoms with Gasteiger partial charge in [-0.3, -0.25) is 10.1 Å². The zero-order chi connectivity index (χ0) is 17.1. The third-order valence-electron chi connectivity index (χ3n) is 5.67. The fourth-order valence-corrected chi connectivity index (χ4v) is 4.47. The molecule has 2 aromatic rings. The van der Waals surface area contributed by atoms with Crippen molar-refractivity contribution in [1.29, 1.82) is 0 Å². The van der Waals surface area contributed by atoms with Crippen LogP contribution in [0, 0.1) is 16.0 Å². The van der Waals surface area contributed by atoms with E-state index in [0.717, 1.165) is 17.7 Å². The number of likely N-dealkylation sites (N-methyl/N-ethyl adjacent to an activating group) is 1. The molecule has 0 saturated heterocycles. The molecule has 124 valence electrons. The Labute approximate surface area is 141 Å². The molecule has 5 heteroatoms. The van der Waals surface area contributed by atoms with Crippen molar-refractivity contribution in [1.82, 2.24) is 0 Å². The molecule has 0 amide bonds. The van der Waals surface area contributed by atoms with Crippen molar-refractivity contribution in [2.45, 2.75) is 31.9 Å². The summed E-state index contributed by atoms with van der Waals surface area (Å²) in [6.07, 6.45) is 0.764. The highest BCUT2D eigenvalue weighted by Crippen LogP contribution is 2.54. The van der Waals surface area contributed by atoms with E-state index in [-0.39, 0.29) is 22.4 Å². The standard InChI is InChI=1S/C19H20N2O3/c1-12-10-14-11-15(21(22)23)8-9-18(14)24-19(12)13(2)16-6-4-5-7-17(16)20(19)3/h4-9,11-13H,10H2,1-3H3. The predicted molar refractivity (Wildman–Crippen MR) is 92.6 cm³/mol. The van der Waals surface area contributed by atoms with Crippen LogP contribution >= 0.6 is 0 Å². The molecular formula is C19H20N2O3. The number of rotatable bonds is 1. The van der Waals surface area contributed by atoms with Crippen LogP contribution in [-0.2, 0) is 6.42 Å². The van der Waals surface area contributed by atoms with E-state index in [4.69, 9.17) is 4.74 Å². The predicted octanol–water partition coefficient (Wildman–Crippen LogP) is 4.12. The van der Waals surface area contributed by atoms with Crippen LogP contribution in [0.2, 0.25) is 0 Å². The molecule has 4 rings (SSSR count). The van der Waals surface area contributed by atoms with Crippen molar-refractivity contribution < 1.29 is 9.66 Å². The molecule has 0 bridgehead atoms. The number of hydrogen-bond acceptors (Lipinski definition) is 4. The van der Waals surface area contributed by atoms with Crippen molar-refractivity contribution in [3.05, 3.63) is 63.7 Å². The van der Waals surface area contributed by atoms with Crippen molar-refractivity contribution in [2.24, 2.45) is 5.92 Å². The van der Waals surface area contributed by atoms with E-state index in [1.54, 1.807) is 12.1 Å². The second kappa shape index (κ2) is 4.97. The summed E-state index contributed by atoms with van der Waals surface area (Å²) in [5.41, 5.74) is 3.07. The van der Waals surface area contributed by atoms with Gasteiger partial charge in [-0.2, -0.15) is 0 Å². The first-order valence-electron chi connectivity index (χ1n) is 8.24. The first-order valence-corrected chi connectivity index (χ1v) is 8.24. The third kappa shape index (κ3) is 1.81. The first kappa shape index (κ1) is 15.0. The molecule has 2 aliphatic heterocycles. The van der Waals surface area contributed by atoms with Gasteiger partial charge < -0.3 is 9.64 Å². The maximum Gasteiger partial charge on any atom is 0.269 e. The molecule has 0 fully saturated rings. The molecule has 1 spiro atoms. The van der Waals surface area contributed by atoms with Gasteiger partial charge in [0.2, 0.25) is 0 Å². The van der Waals surface area contributed by atoms with Gasteiger partial charge in [0.25, 0.3) is 5.69 Å². The summed E-state index contributed by atoms with van der Waals surface area (Å²) < 4.78 is 6.54. The monoisotopic (exact) mass is 324 g/mol. The molecule has 0 saturated carbocycles. The molecule has 0 aliphatic carbocycles. The topological polar surface area (TPSA) is 55.6 Å². The van der Waals surface area contributed by atoms with E-state index in [0.29, 0.717) is 0 Å². The Kier molecular flexibility index (Phi) is 3.10. The summed E-state index contributed by atoms with van der Waals surface area (Å²) in [7, 11) is 2.08. The van der Waals surface area contributed by atoms with Crippen molar-refractivity contribution in [2.75, 3.05) is 11.9 Å². The second-order valence-electron chi connectivity index (χ2n) is 6.85. The van der Waals surface area contributed by atoms with Gasteiger partial charge in [0.05, 0.1) is 4.92 Å². The highest BCUT2D eigenvalue weighted by Gasteiger charge is 2.55. The van der Waals surface area contributed by atoms with Gasteiger partial charge in [-0.25, -0.2) is 0 Å². The second-order valence-corrected chi connectivity index (χ2v) is 6.85. The average molecular weight is 324 g/mol. The van der Waals surface area contributed by atoms with Crippen LogP contribution in [-0.4, -0.2) is 17.7 Å². The number of nitro groups is 1. The van der Waals surface area contributed by atoms with Crippen molar-refractivity contribution in [3.8, 4) is 5.75 Å². The fourth-order valence-electron chi connectivity index (χ4n) is 4.47. The van der Waals surface area contributed by atoms with E-state index in [9.17, 15) is 10.1 Å². The van der Waals surface area contributed by atoms with Gasteiger partial charge in [-0.15, -0.1) is 0 Å². The summed E-state index contributed by atoms with van der Waals surface area (Å²) in [6.45, 7) is 4.37.